The number of non-ortho nitro benzene ring substituents is 1. The number of benzene rings is 1. The number of nitro benzene ring substituents is 1. The van der Waals surface area contributed by atoms with E-state index in [1.807, 2.05) is 0 Å². The number of hydrogen-bond donors (Lipinski definition) is 3. The number of hydrogen-bond acceptors (Lipinski definition) is 6. The molecule has 1 aromatic rings. The third-order valence-corrected chi connectivity index (χ3v) is 4.97. The molecule has 0 bridgehead atoms. The molecule has 0 spiro atoms. The fraction of sp³-hybridized carbons (Fsp3) is 0.412. The average molecular weight is 390 g/mol. The third kappa shape index (κ3) is 3.66. The molecule has 1 fully saturated rings. The van der Waals surface area contributed by atoms with E-state index in [0.717, 1.165) is 0 Å². The van der Waals surface area contributed by atoms with Gasteiger partial charge in [-0.3, -0.25) is 19.7 Å². The van der Waals surface area contributed by atoms with Crippen molar-refractivity contribution in [2.45, 2.75) is 31.9 Å². The number of nitrogens with one attached hydrogen (secondary N) is 1. The number of aliphatic carboxylic acids is 1. The highest BCUT2D eigenvalue weighted by Crippen LogP contribution is 2.39. The zero-order valence-electron chi connectivity index (χ0n) is 15.0. The van der Waals surface area contributed by atoms with E-state index in [4.69, 9.17) is 10.6 Å². The number of Topliss-reactive ketones (excluding diaryl/α,β-unsaturated/α-hetero) is 1. The highest BCUT2D eigenvalue weighted by atomic mass is 16.6. The molecular formula is C17H18N4O7. The highest BCUT2D eigenvalue weighted by Gasteiger charge is 2.60. The van der Waals surface area contributed by atoms with Crippen molar-refractivity contribution < 1.29 is 34.3 Å². The number of carboxylic acids is 1. The van der Waals surface area contributed by atoms with Crippen molar-refractivity contribution in [1.29, 1.82) is 0 Å². The smallest absolute Gasteiger partial charge is 0.441 e. The molecule has 11 heteroatoms. The van der Waals surface area contributed by atoms with E-state index >= 15 is 0 Å². The van der Waals surface area contributed by atoms with Crippen LogP contribution in [0, 0.1) is 22.0 Å². The zero-order chi connectivity index (χ0) is 21.2. The third-order valence-electron chi connectivity index (χ3n) is 4.97. The molecule has 1 heterocycles. The maximum absolute atomic E-state index is 12.8. The maximum atomic E-state index is 12.8. The summed E-state index contributed by atoms with van der Waals surface area (Å²) in [5, 5.41) is 32.4. The van der Waals surface area contributed by atoms with Crippen LogP contribution >= 0.6 is 0 Å². The Morgan fingerprint density at radius 1 is 1.39 bits per heavy atom. The molecule has 0 radical (unpaired) electrons. The lowest BCUT2D eigenvalue weighted by Crippen LogP contribution is -2.75. The van der Waals surface area contributed by atoms with Gasteiger partial charge in [-0.05, 0) is 25.8 Å². The summed E-state index contributed by atoms with van der Waals surface area (Å²) in [6.07, 6.45) is -1.23. The Morgan fingerprint density at radius 3 is 2.36 bits per heavy atom. The second-order valence-electron chi connectivity index (χ2n) is 6.79. The summed E-state index contributed by atoms with van der Waals surface area (Å²) in [7, 11) is 0. The molecule has 28 heavy (non-hydrogen) atoms. The van der Waals surface area contributed by atoms with E-state index in [1.54, 1.807) is 0 Å². The van der Waals surface area contributed by atoms with Crippen molar-refractivity contribution in [2.75, 3.05) is 0 Å². The van der Waals surface area contributed by atoms with E-state index in [2.05, 4.69) is 10.1 Å². The molecule has 0 aliphatic carbocycles. The van der Waals surface area contributed by atoms with Gasteiger partial charge in [-0.2, -0.15) is 4.79 Å². The normalized spacial score (nSPS) is 22.8. The molecule has 11 nitrogen and oxygen atoms in total. The lowest BCUT2D eigenvalue weighted by atomic mass is 9.63. The van der Waals surface area contributed by atoms with Gasteiger partial charge in [0.05, 0.1) is 28.4 Å². The van der Waals surface area contributed by atoms with Crippen LogP contribution in [0.3, 0.4) is 0 Å². The standard InChI is InChI=1S/C17H18N4O7/c1-8(22)12-15(24)19-17(12,2)11(14(23)13(20-18)16(25)26)7-9-3-5-10(6-4-9)21(27)28/h3-6,8,11-12,22H,7H2,1-2H3,(H,19,24)(H,25,26). The lowest BCUT2D eigenvalue weighted by molar-refractivity contribution is -0.384. The monoisotopic (exact) mass is 390 g/mol. The molecule has 4 unspecified atom stereocenters. The Bertz CT molecular complexity index is 889. The number of aliphatic hydroxyl groups excluding tert-OH is 1. The lowest BCUT2D eigenvalue weighted by Gasteiger charge is -2.51. The molecule has 148 valence electrons. The minimum Gasteiger partial charge on any atom is -0.472 e. The van der Waals surface area contributed by atoms with Gasteiger partial charge in [0.15, 0.2) is 0 Å². The van der Waals surface area contributed by atoms with E-state index < -0.39 is 51.8 Å². The van der Waals surface area contributed by atoms with Gasteiger partial charge in [-0.1, -0.05) is 12.1 Å². The first-order valence-corrected chi connectivity index (χ1v) is 8.26. The molecule has 1 aliphatic rings. The Morgan fingerprint density at radius 2 is 1.96 bits per heavy atom. The van der Waals surface area contributed by atoms with Gasteiger partial charge in [0.1, 0.15) is 0 Å². The molecule has 1 amide bonds. The first-order valence-electron chi connectivity index (χ1n) is 8.26. The second kappa shape index (κ2) is 7.67. The number of rotatable bonds is 8. The summed E-state index contributed by atoms with van der Waals surface area (Å²) < 4.78 is 0. The van der Waals surface area contributed by atoms with Crippen molar-refractivity contribution in [1.82, 2.24) is 5.32 Å². The van der Waals surface area contributed by atoms with Crippen LogP contribution in [-0.4, -0.2) is 54.9 Å². The van der Waals surface area contributed by atoms with Gasteiger partial charge in [-0.25, -0.2) is 4.79 Å². The van der Waals surface area contributed by atoms with Gasteiger partial charge >= 0.3 is 11.7 Å². The number of nitrogens with zero attached hydrogens (tertiary/aromatic N) is 3. The summed E-state index contributed by atoms with van der Waals surface area (Å²) >= 11 is 0. The van der Waals surface area contributed by atoms with Gasteiger partial charge < -0.3 is 21.1 Å². The van der Waals surface area contributed by atoms with E-state index in [0.29, 0.717) is 5.56 Å². The summed E-state index contributed by atoms with van der Waals surface area (Å²) in [6, 6.07) is 5.25. The van der Waals surface area contributed by atoms with Gasteiger partial charge in [0.2, 0.25) is 5.91 Å². The van der Waals surface area contributed by atoms with Crippen LogP contribution in [0.1, 0.15) is 19.4 Å². The Hall–Kier alpha value is -3.43. The minimum atomic E-state index is -1.75. The topological polar surface area (TPSA) is 183 Å². The van der Waals surface area contributed by atoms with Crippen LogP contribution in [0.4, 0.5) is 5.69 Å². The van der Waals surface area contributed by atoms with Crippen LogP contribution in [0.5, 0.6) is 0 Å². The fourth-order valence-electron chi connectivity index (χ4n) is 3.57. The average Bonchev–Trinajstić information content (AvgIpc) is 2.58. The molecule has 3 N–H and O–H groups in total. The summed E-state index contributed by atoms with van der Waals surface area (Å²) in [5.74, 6) is -5.48. The molecule has 1 aromatic carbocycles. The molecule has 2 rings (SSSR count). The van der Waals surface area contributed by atoms with Crippen molar-refractivity contribution in [3.05, 3.63) is 45.5 Å². The predicted octanol–water partition coefficient (Wildman–Crippen LogP) is -0.0365. The van der Waals surface area contributed by atoms with Gasteiger partial charge in [0, 0.05) is 12.1 Å². The number of carbonyl (C=O) groups is 3. The van der Waals surface area contributed by atoms with Crippen LogP contribution in [0.15, 0.2) is 24.3 Å². The first-order chi connectivity index (χ1) is 13.0. The number of nitro groups is 1. The van der Waals surface area contributed by atoms with Gasteiger partial charge in [-0.15, -0.1) is 0 Å². The number of amides is 1. The molecule has 1 saturated heterocycles. The number of β-lactam (4-membered cyclic amide) rings is 1. The SMILES string of the molecule is CC(O)C1C(=O)NC1(C)C(Cc1ccc([N+](=O)[O-])cc1)C(=O)C(=[N+]=[N-])C(=O)O. The fourth-order valence-corrected chi connectivity index (χ4v) is 3.57. The Balaban J connectivity index is 2.46. The molecular weight excluding hydrogens is 372 g/mol. The van der Waals surface area contributed by atoms with E-state index in [9.17, 15) is 29.6 Å². The molecule has 0 aromatic heterocycles. The minimum absolute atomic E-state index is 0.108. The van der Waals surface area contributed by atoms with Crippen molar-refractivity contribution in [3.63, 3.8) is 0 Å². The van der Waals surface area contributed by atoms with Crippen LogP contribution in [0.2, 0.25) is 0 Å². The van der Waals surface area contributed by atoms with Crippen molar-refractivity contribution in [3.8, 4) is 0 Å². The molecule has 1 aliphatic heterocycles. The summed E-state index contributed by atoms with van der Waals surface area (Å²) in [6.45, 7) is 2.85. The first kappa shape index (κ1) is 20.9. The van der Waals surface area contributed by atoms with Gasteiger partial charge in [0.25, 0.3) is 11.5 Å². The second-order valence-corrected chi connectivity index (χ2v) is 6.79. The molecule has 0 saturated carbocycles. The van der Waals surface area contributed by atoms with Crippen LogP contribution < -0.4 is 5.32 Å². The van der Waals surface area contributed by atoms with Crippen LogP contribution in [-0.2, 0) is 20.8 Å². The highest BCUT2D eigenvalue weighted by molar-refractivity contribution is 6.62. The number of aliphatic hydroxyl groups is 1. The summed E-state index contributed by atoms with van der Waals surface area (Å²) in [5.41, 5.74) is 6.80. The van der Waals surface area contributed by atoms with Crippen LogP contribution in [0.25, 0.3) is 5.53 Å². The van der Waals surface area contributed by atoms with Crippen molar-refractivity contribution in [2.24, 2.45) is 11.8 Å². The Labute approximate surface area is 158 Å². The zero-order valence-corrected chi connectivity index (χ0v) is 15.0. The van der Waals surface area contributed by atoms with Crippen molar-refractivity contribution >= 4 is 29.1 Å². The number of carboxylic acid groups (broad SMARTS) is 1. The van der Waals surface area contributed by atoms with E-state index in [-0.39, 0.29) is 12.1 Å². The molecule has 4 atom stereocenters. The number of ketones is 1. The van der Waals surface area contributed by atoms with E-state index in [1.165, 1.54) is 38.1 Å². The number of carbonyl (C=O) groups excluding carboxylic acids is 2. The quantitative estimate of drug-likeness (QED) is 0.106. The maximum Gasteiger partial charge on any atom is 0.441 e. The predicted molar refractivity (Wildman–Crippen MR) is 93.3 cm³/mol. The largest absolute Gasteiger partial charge is 0.472 e. The summed E-state index contributed by atoms with van der Waals surface area (Å²) in [4.78, 5) is 48.7. The Kier molecular flexibility index (Phi) is 5.72.